The van der Waals surface area contributed by atoms with Crippen molar-refractivity contribution in [2.45, 2.75) is 31.2 Å². The lowest BCUT2D eigenvalue weighted by atomic mass is 10.1. The van der Waals surface area contributed by atoms with Crippen molar-refractivity contribution in [3.8, 4) is 11.6 Å². The van der Waals surface area contributed by atoms with E-state index in [0.717, 1.165) is 12.3 Å². The van der Waals surface area contributed by atoms with Gasteiger partial charge in [0.2, 0.25) is 5.88 Å². The number of para-hydroxylation sites is 1. The molecule has 2 aliphatic rings. The van der Waals surface area contributed by atoms with Crippen LogP contribution >= 0.6 is 0 Å². The average molecular weight is 447 g/mol. The van der Waals surface area contributed by atoms with E-state index in [0.29, 0.717) is 19.4 Å². The van der Waals surface area contributed by atoms with Crippen molar-refractivity contribution in [2.75, 3.05) is 6.54 Å². The molecule has 0 N–H and O–H groups in total. The first-order valence-electron chi connectivity index (χ1n) is 9.97. The number of carbonyl (C=O) groups excluding carboxylic acids is 1. The van der Waals surface area contributed by atoms with Gasteiger partial charge in [-0.15, -0.1) is 5.10 Å². The zero-order valence-corrected chi connectivity index (χ0v) is 16.5. The Labute approximate surface area is 179 Å². The summed E-state index contributed by atoms with van der Waals surface area (Å²) in [6.07, 6.45) is 0.0374. The Morgan fingerprint density at radius 3 is 2.66 bits per heavy atom. The molecule has 2 unspecified atom stereocenters. The number of pyridine rings is 1. The second-order valence-corrected chi connectivity index (χ2v) is 7.89. The molecule has 1 saturated heterocycles. The van der Waals surface area contributed by atoms with E-state index < -0.39 is 23.7 Å². The van der Waals surface area contributed by atoms with Gasteiger partial charge in [-0.1, -0.05) is 11.3 Å². The van der Waals surface area contributed by atoms with Gasteiger partial charge in [0.1, 0.15) is 17.6 Å². The summed E-state index contributed by atoms with van der Waals surface area (Å²) in [5.74, 6) is -0.715. The van der Waals surface area contributed by atoms with Crippen LogP contribution in [0.15, 0.2) is 48.9 Å². The molecule has 5 rings (SSSR count). The quantitative estimate of drug-likeness (QED) is 0.573. The molecule has 166 valence electrons. The van der Waals surface area contributed by atoms with Crippen LogP contribution in [0.1, 0.15) is 28.8 Å². The van der Waals surface area contributed by atoms with Crippen molar-refractivity contribution in [1.29, 1.82) is 0 Å². The lowest BCUT2D eigenvalue weighted by Crippen LogP contribution is -2.47. The van der Waals surface area contributed by atoms with E-state index in [1.807, 2.05) is 0 Å². The van der Waals surface area contributed by atoms with Gasteiger partial charge in [0.05, 0.1) is 29.6 Å². The number of benzene rings is 1. The second-order valence-electron chi connectivity index (χ2n) is 7.89. The maximum absolute atomic E-state index is 14.6. The van der Waals surface area contributed by atoms with Gasteiger partial charge < -0.3 is 9.64 Å². The standard InChI is InChI=1S/C21H17F4N5O2/c22-15-3-1-2-14(19(15)30-7-6-27-28-30)20(31)29-11-12-8-16(29)17(9-12)32-18-5-4-13(10-26-18)21(23,24)25/h1-7,10,12,16-17H,8-9,11H2/t12?,16?,17-/m0/s1. The molecule has 1 aliphatic heterocycles. The number of halogens is 4. The number of hydrogen-bond donors (Lipinski definition) is 0. The largest absolute Gasteiger partial charge is 0.472 e. The lowest BCUT2D eigenvalue weighted by molar-refractivity contribution is -0.137. The smallest absolute Gasteiger partial charge is 0.417 e. The van der Waals surface area contributed by atoms with Crippen LogP contribution in [0.3, 0.4) is 0 Å². The fourth-order valence-corrected chi connectivity index (χ4v) is 4.50. The number of carbonyl (C=O) groups is 1. The molecule has 0 radical (unpaired) electrons. The predicted octanol–water partition coefficient (Wildman–Crippen LogP) is 3.50. The summed E-state index contributed by atoms with van der Waals surface area (Å²) < 4.78 is 59.9. The van der Waals surface area contributed by atoms with Crippen LogP contribution in [0.25, 0.3) is 5.69 Å². The van der Waals surface area contributed by atoms with Crippen LogP contribution in [-0.2, 0) is 6.18 Å². The van der Waals surface area contributed by atoms with Gasteiger partial charge in [0, 0.05) is 18.8 Å². The highest BCUT2D eigenvalue weighted by atomic mass is 19.4. The molecule has 3 heterocycles. The Morgan fingerprint density at radius 1 is 1.16 bits per heavy atom. The van der Waals surface area contributed by atoms with E-state index in [4.69, 9.17) is 4.74 Å². The molecular weight excluding hydrogens is 430 g/mol. The van der Waals surface area contributed by atoms with Gasteiger partial charge in [-0.05, 0) is 37.0 Å². The predicted molar refractivity (Wildman–Crippen MR) is 103 cm³/mol. The number of hydrogen-bond acceptors (Lipinski definition) is 5. The fourth-order valence-electron chi connectivity index (χ4n) is 4.50. The van der Waals surface area contributed by atoms with Crippen LogP contribution in [0.5, 0.6) is 5.88 Å². The SMILES string of the molecule is O=C(c1cccc(F)c1-n1ccnn1)N1CC2CC1[C@@H](Oc1ccc(C(F)(F)F)cn1)C2. The number of rotatable bonds is 4. The first-order chi connectivity index (χ1) is 15.3. The van der Waals surface area contributed by atoms with E-state index in [-0.39, 0.29) is 35.0 Å². The molecule has 2 aromatic heterocycles. The molecule has 1 amide bonds. The summed E-state index contributed by atoms with van der Waals surface area (Å²) in [5.41, 5.74) is -0.699. The number of piperidine rings is 1. The zero-order valence-electron chi connectivity index (χ0n) is 16.5. The minimum atomic E-state index is -4.48. The van der Waals surface area contributed by atoms with E-state index in [1.54, 1.807) is 4.90 Å². The van der Waals surface area contributed by atoms with Gasteiger partial charge in [-0.25, -0.2) is 14.1 Å². The van der Waals surface area contributed by atoms with E-state index in [1.165, 1.54) is 41.3 Å². The van der Waals surface area contributed by atoms with Gasteiger partial charge in [0.15, 0.2) is 0 Å². The number of fused-ring (bicyclic) bond motifs is 2. The van der Waals surface area contributed by atoms with E-state index >= 15 is 0 Å². The number of nitrogens with zero attached hydrogens (tertiary/aromatic N) is 5. The van der Waals surface area contributed by atoms with Crippen molar-refractivity contribution in [1.82, 2.24) is 24.9 Å². The van der Waals surface area contributed by atoms with E-state index in [2.05, 4.69) is 15.3 Å². The van der Waals surface area contributed by atoms with Gasteiger partial charge in [-0.2, -0.15) is 13.2 Å². The molecule has 3 atom stereocenters. The van der Waals surface area contributed by atoms with E-state index in [9.17, 15) is 22.4 Å². The van der Waals surface area contributed by atoms with Crippen LogP contribution in [-0.4, -0.2) is 49.5 Å². The summed E-state index contributed by atoms with van der Waals surface area (Å²) in [6, 6.07) is 6.03. The summed E-state index contributed by atoms with van der Waals surface area (Å²) >= 11 is 0. The second kappa shape index (κ2) is 7.57. The normalized spacial score (nSPS) is 22.4. The van der Waals surface area contributed by atoms with Crippen LogP contribution in [0.4, 0.5) is 17.6 Å². The molecule has 3 aromatic rings. The number of ether oxygens (including phenoxy) is 1. The van der Waals surface area contributed by atoms with Crippen molar-refractivity contribution in [2.24, 2.45) is 5.92 Å². The lowest BCUT2D eigenvalue weighted by Gasteiger charge is -2.33. The Hall–Kier alpha value is -3.50. The van der Waals surface area contributed by atoms with Crippen molar-refractivity contribution in [3.63, 3.8) is 0 Å². The van der Waals surface area contributed by atoms with Crippen LogP contribution in [0.2, 0.25) is 0 Å². The molecule has 7 nitrogen and oxygen atoms in total. The molecule has 1 saturated carbocycles. The van der Waals surface area contributed by atoms with Crippen molar-refractivity contribution < 1.29 is 27.1 Å². The summed E-state index contributed by atoms with van der Waals surface area (Å²) in [5, 5.41) is 7.48. The maximum Gasteiger partial charge on any atom is 0.417 e. The number of aromatic nitrogens is 4. The first kappa shape index (κ1) is 20.4. The highest BCUT2D eigenvalue weighted by Crippen LogP contribution is 2.41. The fraction of sp³-hybridized carbons (Fsp3) is 0.333. The van der Waals surface area contributed by atoms with Gasteiger partial charge in [0.25, 0.3) is 5.91 Å². The highest BCUT2D eigenvalue weighted by molar-refractivity contribution is 5.98. The average Bonchev–Trinajstić information content (AvgIpc) is 3.50. The summed E-state index contributed by atoms with van der Waals surface area (Å²) in [6.45, 7) is 0.497. The third-order valence-electron chi connectivity index (χ3n) is 5.89. The molecule has 11 heteroatoms. The Balaban J connectivity index is 1.37. The van der Waals surface area contributed by atoms with Crippen molar-refractivity contribution >= 4 is 5.91 Å². The minimum Gasteiger partial charge on any atom is -0.472 e. The number of alkyl halides is 3. The van der Waals surface area contributed by atoms with Crippen molar-refractivity contribution in [3.05, 3.63) is 65.9 Å². The topological polar surface area (TPSA) is 73.1 Å². The number of likely N-dealkylation sites (tertiary alicyclic amines) is 1. The Morgan fingerprint density at radius 2 is 2.00 bits per heavy atom. The highest BCUT2D eigenvalue weighted by Gasteiger charge is 2.49. The molecule has 2 bridgehead atoms. The van der Waals surface area contributed by atoms with Crippen LogP contribution in [0, 0.1) is 11.7 Å². The molecule has 2 fully saturated rings. The molecule has 1 aromatic carbocycles. The molecule has 1 aliphatic carbocycles. The monoisotopic (exact) mass is 447 g/mol. The Kier molecular flexibility index (Phi) is 4.83. The van der Waals surface area contributed by atoms with Gasteiger partial charge in [-0.3, -0.25) is 4.79 Å². The minimum absolute atomic E-state index is 0.0136. The molecule has 32 heavy (non-hydrogen) atoms. The zero-order chi connectivity index (χ0) is 22.5. The first-order valence-corrected chi connectivity index (χ1v) is 9.97. The summed E-state index contributed by atoms with van der Waals surface area (Å²) in [7, 11) is 0. The maximum atomic E-state index is 14.6. The molecule has 0 spiro atoms. The molecular formula is C21H17F4N5O2. The third-order valence-corrected chi connectivity index (χ3v) is 5.89. The Bertz CT molecular complexity index is 1130. The summed E-state index contributed by atoms with van der Waals surface area (Å²) in [4.78, 5) is 18.8. The number of amides is 1. The van der Waals surface area contributed by atoms with Gasteiger partial charge >= 0.3 is 6.18 Å². The third kappa shape index (κ3) is 3.57. The van der Waals surface area contributed by atoms with Crippen LogP contribution < -0.4 is 4.74 Å².